The van der Waals surface area contributed by atoms with Gasteiger partial charge in [0.05, 0.1) is 4.90 Å². The molecule has 1 fully saturated rings. The van der Waals surface area contributed by atoms with E-state index < -0.39 is 10.0 Å². The van der Waals surface area contributed by atoms with E-state index in [1.165, 1.54) is 15.6 Å². The minimum absolute atomic E-state index is 0.102. The van der Waals surface area contributed by atoms with E-state index >= 15 is 0 Å². The third-order valence-electron chi connectivity index (χ3n) is 5.40. The second kappa shape index (κ2) is 9.27. The topological polar surface area (TPSA) is 92.3 Å². The first-order valence-electron chi connectivity index (χ1n) is 10.2. The fraction of sp³-hybridized carbons (Fsp3) is 0.318. The number of hydrogen-bond donors (Lipinski definition) is 1. The van der Waals surface area contributed by atoms with Gasteiger partial charge < -0.3 is 5.32 Å². The molecule has 1 saturated heterocycles. The molecule has 168 valence electrons. The highest BCUT2D eigenvalue weighted by Gasteiger charge is 2.33. The molecule has 4 rings (SSSR count). The molecule has 1 unspecified atom stereocenters. The van der Waals surface area contributed by atoms with E-state index in [1.54, 1.807) is 30.3 Å². The summed E-state index contributed by atoms with van der Waals surface area (Å²) in [5, 5.41) is 12.4. The Morgan fingerprint density at radius 3 is 2.75 bits per heavy atom. The zero-order valence-electron chi connectivity index (χ0n) is 17.7. The molecular weight excluding hydrogens is 468 g/mol. The number of aryl methyl sites for hydroxylation is 2. The summed E-state index contributed by atoms with van der Waals surface area (Å²) in [4.78, 5) is 12.9. The maximum Gasteiger partial charge on any atom is 0.286 e. The van der Waals surface area contributed by atoms with Crippen molar-refractivity contribution in [2.45, 2.75) is 37.5 Å². The Morgan fingerprint density at radius 1 is 1.19 bits per heavy atom. The number of amides is 1. The molecule has 1 amide bonds. The highest BCUT2D eigenvalue weighted by Crippen LogP contribution is 2.33. The second-order valence-electron chi connectivity index (χ2n) is 7.88. The molecule has 32 heavy (non-hydrogen) atoms. The second-order valence-corrected chi connectivity index (χ2v) is 11.2. The zero-order valence-corrected chi connectivity index (χ0v) is 20.1. The van der Waals surface area contributed by atoms with Crippen molar-refractivity contribution in [3.05, 3.63) is 68.6 Å². The summed E-state index contributed by atoms with van der Waals surface area (Å²) >= 11 is 7.16. The molecular formula is C22H23ClN4O3S2. The van der Waals surface area contributed by atoms with Gasteiger partial charge in [-0.2, -0.15) is 4.31 Å². The molecule has 1 N–H and O–H groups in total. The van der Waals surface area contributed by atoms with Gasteiger partial charge in [-0.15, -0.1) is 10.2 Å². The molecule has 1 atom stereocenters. The number of benzene rings is 2. The molecule has 3 aromatic rings. The highest BCUT2D eigenvalue weighted by atomic mass is 35.5. The van der Waals surface area contributed by atoms with Crippen molar-refractivity contribution in [1.82, 2.24) is 14.5 Å². The van der Waals surface area contributed by atoms with Gasteiger partial charge in [0.1, 0.15) is 5.01 Å². The predicted molar refractivity (Wildman–Crippen MR) is 126 cm³/mol. The van der Waals surface area contributed by atoms with Gasteiger partial charge in [-0.1, -0.05) is 46.7 Å². The molecule has 0 saturated carbocycles. The third kappa shape index (κ3) is 4.85. The Bertz CT molecular complexity index is 1260. The number of nitrogens with zero attached hydrogens (tertiary/aromatic N) is 3. The number of carbonyl (C=O) groups is 1. The van der Waals surface area contributed by atoms with E-state index in [-0.39, 0.29) is 16.8 Å². The average Bonchev–Trinajstić information content (AvgIpc) is 3.24. The van der Waals surface area contributed by atoms with Crippen LogP contribution in [-0.2, 0) is 10.0 Å². The number of hydrogen-bond acceptors (Lipinski definition) is 6. The van der Waals surface area contributed by atoms with Gasteiger partial charge in [0, 0.05) is 29.7 Å². The van der Waals surface area contributed by atoms with E-state index in [1.807, 2.05) is 26.0 Å². The minimum Gasteiger partial charge on any atom is -0.320 e. The molecule has 7 nitrogen and oxygen atoms in total. The van der Waals surface area contributed by atoms with Crippen LogP contribution in [0.15, 0.2) is 47.4 Å². The van der Waals surface area contributed by atoms with Gasteiger partial charge in [0.25, 0.3) is 5.91 Å². The van der Waals surface area contributed by atoms with Crippen LogP contribution in [0.5, 0.6) is 0 Å². The fourth-order valence-corrected chi connectivity index (χ4v) is 6.62. The lowest BCUT2D eigenvalue weighted by Crippen LogP contribution is -2.39. The number of piperidine rings is 1. The third-order valence-corrected chi connectivity index (χ3v) is 8.74. The monoisotopic (exact) mass is 490 g/mol. The maximum absolute atomic E-state index is 13.3. The molecule has 1 aromatic heterocycles. The number of anilines is 1. The van der Waals surface area contributed by atoms with E-state index in [4.69, 9.17) is 11.6 Å². The average molecular weight is 491 g/mol. The molecule has 2 heterocycles. The SMILES string of the molecule is Cc1ccc(S(=O)(=O)N2CCCC(c3nnc(C(=O)Nc4cccc(Cl)c4)s3)C2)c(C)c1. The minimum atomic E-state index is -3.61. The number of sulfonamides is 1. The van der Waals surface area contributed by atoms with Gasteiger partial charge in [0.15, 0.2) is 0 Å². The van der Waals surface area contributed by atoms with E-state index in [0.29, 0.717) is 33.7 Å². The first-order chi connectivity index (χ1) is 15.2. The van der Waals surface area contributed by atoms with Crippen LogP contribution in [0.1, 0.15) is 44.7 Å². The standard InChI is InChI=1S/C22H23ClN4O3S2/c1-14-8-9-19(15(2)11-14)32(29,30)27-10-4-5-16(13-27)21-25-26-22(31-21)20(28)24-18-7-3-6-17(23)12-18/h3,6-9,11-12,16H,4-5,10,13H2,1-2H3,(H,24,28). The van der Waals surface area contributed by atoms with Crippen molar-refractivity contribution in [2.24, 2.45) is 0 Å². The van der Waals surface area contributed by atoms with Crippen LogP contribution < -0.4 is 5.32 Å². The molecule has 0 radical (unpaired) electrons. The highest BCUT2D eigenvalue weighted by molar-refractivity contribution is 7.89. The number of aromatic nitrogens is 2. The maximum atomic E-state index is 13.3. The molecule has 0 bridgehead atoms. The Kier molecular flexibility index (Phi) is 6.62. The lowest BCUT2D eigenvalue weighted by molar-refractivity contribution is 0.102. The smallest absolute Gasteiger partial charge is 0.286 e. The van der Waals surface area contributed by atoms with Crippen LogP contribution in [0, 0.1) is 13.8 Å². The van der Waals surface area contributed by atoms with Gasteiger partial charge in [0.2, 0.25) is 15.0 Å². The van der Waals surface area contributed by atoms with Crippen LogP contribution in [0.3, 0.4) is 0 Å². The van der Waals surface area contributed by atoms with Crippen LogP contribution in [0.2, 0.25) is 5.02 Å². The first kappa shape index (κ1) is 22.8. The summed E-state index contributed by atoms with van der Waals surface area (Å²) in [6, 6.07) is 12.2. The summed E-state index contributed by atoms with van der Waals surface area (Å²) in [5.41, 5.74) is 2.33. The van der Waals surface area contributed by atoms with Crippen molar-refractivity contribution in [1.29, 1.82) is 0 Å². The Morgan fingerprint density at radius 2 is 2.00 bits per heavy atom. The van der Waals surface area contributed by atoms with Crippen LogP contribution in [0.4, 0.5) is 5.69 Å². The number of nitrogens with one attached hydrogen (secondary N) is 1. The van der Waals surface area contributed by atoms with Gasteiger partial charge >= 0.3 is 0 Å². The van der Waals surface area contributed by atoms with Crippen molar-refractivity contribution in [2.75, 3.05) is 18.4 Å². The molecule has 2 aromatic carbocycles. The summed E-state index contributed by atoms with van der Waals surface area (Å²) in [7, 11) is -3.61. The van der Waals surface area contributed by atoms with Crippen molar-refractivity contribution in [3.63, 3.8) is 0 Å². The van der Waals surface area contributed by atoms with Crippen molar-refractivity contribution >= 4 is 44.6 Å². The Labute approximate surface area is 196 Å². The van der Waals surface area contributed by atoms with Gasteiger partial charge in [-0.05, 0) is 56.5 Å². The van der Waals surface area contributed by atoms with Gasteiger partial charge in [-0.25, -0.2) is 8.42 Å². The summed E-state index contributed by atoms with van der Waals surface area (Å²) in [6.45, 7) is 4.54. The Hall–Kier alpha value is -2.33. The van der Waals surface area contributed by atoms with E-state index in [0.717, 1.165) is 24.0 Å². The quantitative estimate of drug-likeness (QED) is 0.563. The Balaban J connectivity index is 1.49. The zero-order chi connectivity index (χ0) is 22.9. The molecule has 0 spiro atoms. The summed E-state index contributed by atoms with van der Waals surface area (Å²) in [6.07, 6.45) is 1.52. The number of carbonyl (C=O) groups excluding carboxylic acids is 1. The van der Waals surface area contributed by atoms with Crippen molar-refractivity contribution < 1.29 is 13.2 Å². The number of rotatable bonds is 5. The van der Waals surface area contributed by atoms with Crippen LogP contribution >= 0.6 is 22.9 Å². The lowest BCUT2D eigenvalue weighted by atomic mass is 10.0. The predicted octanol–water partition coefficient (Wildman–Crippen LogP) is 4.63. The lowest BCUT2D eigenvalue weighted by Gasteiger charge is -2.31. The molecule has 1 aliphatic heterocycles. The first-order valence-corrected chi connectivity index (χ1v) is 12.9. The van der Waals surface area contributed by atoms with Crippen molar-refractivity contribution in [3.8, 4) is 0 Å². The number of halogens is 1. The normalized spacial score (nSPS) is 17.3. The molecule has 1 aliphatic rings. The fourth-order valence-electron chi connectivity index (χ4n) is 3.83. The molecule has 10 heteroatoms. The molecule has 0 aliphatic carbocycles. The van der Waals surface area contributed by atoms with E-state index in [2.05, 4.69) is 15.5 Å². The summed E-state index contributed by atoms with van der Waals surface area (Å²) < 4.78 is 28.0. The van der Waals surface area contributed by atoms with E-state index in [9.17, 15) is 13.2 Å². The summed E-state index contributed by atoms with van der Waals surface area (Å²) in [5.74, 6) is -0.471. The van der Waals surface area contributed by atoms with Gasteiger partial charge in [-0.3, -0.25) is 4.79 Å². The van der Waals surface area contributed by atoms with Crippen LogP contribution in [-0.4, -0.2) is 41.9 Å². The van der Waals surface area contributed by atoms with Crippen LogP contribution in [0.25, 0.3) is 0 Å². The largest absolute Gasteiger partial charge is 0.320 e.